The normalized spacial score (nSPS) is 18.7. The minimum absolute atomic E-state index is 0.00980. The van der Waals surface area contributed by atoms with Crippen LogP contribution >= 0.6 is 11.6 Å². The van der Waals surface area contributed by atoms with Gasteiger partial charge in [-0.1, -0.05) is 23.7 Å². The first kappa shape index (κ1) is 24.6. The van der Waals surface area contributed by atoms with E-state index in [0.717, 1.165) is 12.1 Å². The number of carbonyl (C=O) groups is 2. The Kier molecular flexibility index (Phi) is 8.40. The predicted octanol–water partition coefficient (Wildman–Crippen LogP) is 3.44. The summed E-state index contributed by atoms with van der Waals surface area (Å²) in [5.74, 6) is -3.13. The number of amides is 1. The van der Waals surface area contributed by atoms with Gasteiger partial charge >= 0.3 is 12.1 Å². The Morgan fingerprint density at radius 3 is 2.68 bits per heavy atom. The molecule has 2 atom stereocenters. The van der Waals surface area contributed by atoms with E-state index in [-0.39, 0.29) is 23.0 Å². The minimum atomic E-state index is -5.08. The lowest BCUT2D eigenvalue weighted by atomic mass is 9.93. The van der Waals surface area contributed by atoms with Gasteiger partial charge in [0.15, 0.2) is 0 Å². The highest BCUT2D eigenvalue weighted by Gasteiger charge is 2.38. The first-order chi connectivity index (χ1) is 14.5. The molecule has 2 heterocycles. The zero-order chi connectivity index (χ0) is 23.2. The second-order valence-electron chi connectivity index (χ2n) is 6.72. The van der Waals surface area contributed by atoms with Gasteiger partial charge in [0.1, 0.15) is 5.82 Å². The highest BCUT2D eigenvalue weighted by atomic mass is 35.5. The lowest BCUT2D eigenvalue weighted by Crippen LogP contribution is -2.48. The molecule has 12 heteroatoms. The summed E-state index contributed by atoms with van der Waals surface area (Å²) >= 11 is 5.83. The van der Waals surface area contributed by atoms with Crippen molar-refractivity contribution in [1.29, 1.82) is 0 Å². The molecule has 0 radical (unpaired) electrons. The van der Waals surface area contributed by atoms with Crippen molar-refractivity contribution in [2.75, 3.05) is 0 Å². The molecule has 1 aliphatic heterocycles. The van der Waals surface area contributed by atoms with Gasteiger partial charge in [-0.15, -0.1) is 0 Å². The number of piperidine rings is 1. The van der Waals surface area contributed by atoms with E-state index >= 15 is 0 Å². The molecule has 170 valence electrons. The van der Waals surface area contributed by atoms with E-state index in [1.807, 2.05) is 17.8 Å². The number of carboxylic acids is 1. The highest BCUT2D eigenvalue weighted by Crippen LogP contribution is 2.25. The largest absolute Gasteiger partial charge is 0.490 e. The number of hydrogen-bond acceptors (Lipinski definition) is 4. The predicted molar refractivity (Wildman–Crippen MR) is 104 cm³/mol. The van der Waals surface area contributed by atoms with Gasteiger partial charge in [0.25, 0.3) is 0 Å². The van der Waals surface area contributed by atoms with Gasteiger partial charge in [-0.05, 0) is 19.4 Å². The maximum Gasteiger partial charge on any atom is 0.490 e. The average Bonchev–Trinajstić information content (AvgIpc) is 3.19. The summed E-state index contributed by atoms with van der Waals surface area (Å²) in [7, 11) is 0. The molecule has 2 aromatic rings. The zero-order valence-electron chi connectivity index (χ0n) is 16.4. The van der Waals surface area contributed by atoms with Crippen LogP contribution in [0.15, 0.2) is 30.6 Å². The first-order valence-electron chi connectivity index (χ1n) is 9.31. The summed E-state index contributed by atoms with van der Waals surface area (Å²) in [4.78, 5) is 20.7. The monoisotopic (exact) mass is 464 g/mol. The summed E-state index contributed by atoms with van der Waals surface area (Å²) in [6.07, 6.45) is -0.233. The van der Waals surface area contributed by atoms with Crippen LogP contribution < -0.4 is 10.6 Å². The third kappa shape index (κ3) is 6.93. The number of nitrogens with zero attached hydrogens (tertiary/aromatic N) is 2. The molecule has 1 aromatic carbocycles. The SMILES string of the molecule is CCn1cc([C@@H]2NC(=O)CC[C@H]2NCc2cccc(Cl)c2F)cn1.O=C(O)C(F)(F)F. The number of rotatable bonds is 5. The second-order valence-corrected chi connectivity index (χ2v) is 7.12. The Balaban J connectivity index is 0.000000423. The van der Waals surface area contributed by atoms with Gasteiger partial charge in [0, 0.05) is 42.9 Å². The number of halogens is 5. The molecular weight excluding hydrogens is 444 g/mol. The minimum Gasteiger partial charge on any atom is -0.475 e. The number of aromatic nitrogens is 2. The van der Waals surface area contributed by atoms with Gasteiger partial charge < -0.3 is 15.7 Å². The van der Waals surface area contributed by atoms with Crippen LogP contribution in [-0.4, -0.2) is 39.0 Å². The number of aryl methyl sites for hydroxylation is 1. The zero-order valence-corrected chi connectivity index (χ0v) is 17.2. The molecule has 0 saturated carbocycles. The number of carboxylic acid groups (broad SMARTS) is 1. The first-order valence-corrected chi connectivity index (χ1v) is 9.68. The number of carbonyl (C=O) groups excluding carboxylic acids is 1. The Hall–Kier alpha value is -2.66. The average molecular weight is 465 g/mol. The maximum atomic E-state index is 14.0. The summed E-state index contributed by atoms with van der Waals surface area (Å²) < 4.78 is 47.6. The third-order valence-corrected chi connectivity index (χ3v) is 4.86. The molecule has 31 heavy (non-hydrogen) atoms. The Morgan fingerprint density at radius 1 is 1.42 bits per heavy atom. The van der Waals surface area contributed by atoms with E-state index in [2.05, 4.69) is 15.7 Å². The number of hydrogen-bond donors (Lipinski definition) is 3. The number of alkyl halides is 3. The standard InChI is InChI=1S/C17H20ClFN4O.C2HF3O2/c1-2-23-10-12(9-21-23)17-14(6-7-15(24)22-17)20-8-11-4-3-5-13(18)16(11)19;3-2(4,5)1(6)7/h3-5,9-10,14,17,20H,2,6-8H2,1H3,(H,22,24);(H,6,7)/t14-,17+;/m1./s1. The molecule has 3 N–H and O–H groups in total. The van der Waals surface area contributed by atoms with Crippen LogP contribution in [0.3, 0.4) is 0 Å². The van der Waals surface area contributed by atoms with E-state index in [0.29, 0.717) is 24.9 Å². The molecule has 0 unspecified atom stereocenters. The van der Waals surface area contributed by atoms with Crippen LogP contribution in [0.2, 0.25) is 5.02 Å². The topological polar surface area (TPSA) is 96.3 Å². The van der Waals surface area contributed by atoms with Crippen LogP contribution in [0, 0.1) is 5.82 Å². The van der Waals surface area contributed by atoms with Crippen molar-refractivity contribution in [2.24, 2.45) is 0 Å². The molecule has 1 aliphatic rings. The lowest BCUT2D eigenvalue weighted by molar-refractivity contribution is -0.192. The third-order valence-electron chi connectivity index (χ3n) is 4.57. The molecule has 3 rings (SSSR count). The van der Waals surface area contributed by atoms with Gasteiger partial charge in [0.2, 0.25) is 5.91 Å². The lowest BCUT2D eigenvalue weighted by Gasteiger charge is -2.32. The van der Waals surface area contributed by atoms with Crippen molar-refractivity contribution in [1.82, 2.24) is 20.4 Å². The van der Waals surface area contributed by atoms with Crippen molar-refractivity contribution in [3.8, 4) is 0 Å². The summed E-state index contributed by atoms with van der Waals surface area (Å²) in [6.45, 7) is 3.13. The van der Waals surface area contributed by atoms with E-state index in [4.69, 9.17) is 21.5 Å². The molecule has 1 amide bonds. The van der Waals surface area contributed by atoms with E-state index in [9.17, 15) is 22.4 Å². The highest BCUT2D eigenvalue weighted by molar-refractivity contribution is 6.30. The Labute approximate surface area is 180 Å². The molecule has 0 aliphatic carbocycles. The maximum absolute atomic E-state index is 14.0. The fraction of sp³-hybridized carbons (Fsp3) is 0.421. The fourth-order valence-electron chi connectivity index (χ4n) is 2.97. The van der Waals surface area contributed by atoms with Crippen molar-refractivity contribution < 1.29 is 32.3 Å². The van der Waals surface area contributed by atoms with Crippen LogP contribution in [0.4, 0.5) is 17.6 Å². The fourth-order valence-corrected chi connectivity index (χ4v) is 3.17. The van der Waals surface area contributed by atoms with E-state index in [1.165, 1.54) is 6.07 Å². The van der Waals surface area contributed by atoms with Gasteiger partial charge in [-0.2, -0.15) is 18.3 Å². The van der Waals surface area contributed by atoms with E-state index < -0.39 is 18.0 Å². The molecule has 1 saturated heterocycles. The van der Waals surface area contributed by atoms with Crippen molar-refractivity contribution in [3.63, 3.8) is 0 Å². The molecular formula is C19H21ClF4N4O3. The van der Waals surface area contributed by atoms with Crippen molar-refractivity contribution in [3.05, 3.63) is 52.6 Å². The number of nitrogens with one attached hydrogen (secondary N) is 2. The molecule has 7 nitrogen and oxygen atoms in total. The van der Waals surface area contributed by atoms with Gasteiger partial charge in [-0.3, -0.25) is 9.48 Å². The summed E-state index contributed by atoms with van der Waals surface area (Å²) in [5.41, 5.74) is 1.47. The van der Waals surface area contributed by atoms with Crippen molar-refractivity contribution in [2.45, 2.75) is 51.1 Å². The van der Waals surface area contributed by atoms with Crippen LogP contribution in [0.1, 0.15) is 36.9 Å². The van der Waals surface area contributed by atoms with E-state index in [1.54, 1.807) is 18.3 Å². The van der Waals surface area contributed by atoms with Crippen LogP contribution in [-0.2, 0) is 22.7 Å². The van der Waals surface area contributed by atoms with Crippen LogP contribution in [0.25, 0.3) is 0 Å². The van der Waals surface area contributed by atoms with Crippen molar-refractivity contribution >= 4 is 23.5 Å². The smallest absolute Gasteiger partial charge is 0.475 e. The molecule has 1 fully saturated rings. The van der Waals surface area contributed by atoms with Gasteiger partial charge in [0.05, 0.1) is 17.3 Å². The molecule has 0 bridgehead atoms. The number of benzene rings is 1. The summed E-state index contributed by atoms with van der Waals surface area (Å²) in [5, 5.41) is 17.9. The Bertz CT molecular complexity index is 920. The van der Waals surface area contributed by atoms with Gasteiger partial charge in [-0.25, -0.2) is 9.18 Å². The second kappa shape index (κ2) is 10.6. The Morgan fingerprint density at radius 2 is 2.10 bits per heavy atom. The number of aliphatic carboxylic acids is 1. The molecule has 1 aromatic heterocycles. The molecule has 0 spiro atoms. The summed E-state index contributed by atoms with van der Waals surface area (Å²) in [6, 6.07) is 4.81. The quantitative estimate of drug-likeness (QED) is 0.589. The van der Waals surface area contributed by atoms with Crippen LogP contribution in [0.5, 0.6) is 0 Å².